The fourth-order valence-corrected chi connectivity index (χ4v) is 5.03. The Hall–Kier alpha value is 0.360. The van der Waals surface area contributed by atoms with E-state index < -0.39 is 0 Å². The van der Waals surface area contributed by atoms with Crippen molar-refractivity contribution in [1.29, 1.82) is 0 Å². The lowest BCUT2D eigenvalue weighted by Crippen LogP contribution is -2.25. The van der Waals surface area contributed by atoms with E-state index in [4.69, 9.17) is 11.6 Å². The smallest absolute Gasteiger partial charge is 0.151 e. The van der Waals surface area contributed by atoms with E-state index in [0.717, 1.165) is 27.3 Å². The first kappa shape index (κ1) is 13.8. The third-order valence-electron chi connectivity index (χ3n) is 2.55. The monoisotopic (exact) mass is 350 g/mol. The lowest BCUT2D eigenvalue weighted by atomic mass is 10.1. The van der Waals surface area contributed by atoms with E-state index >= 15 is 0 Å². The van der Waals surface area contributed by atoms with Crippen molar-refractivity contribution >= 4 is 56.8 Å². The predicted molar refractivity (Wildman–Crippen MR) is 81.4 cm³/mol. The van der Waals surface area contributed by atoms with Crippen LogP contribution >= 0.6 is 51.1 Å². The van der Waals surface area contributed by atoms with Gasteiger partial charge < -0.3 is 0 Å². The largest absolute Gasteiger partial charge is 0.298 e. The van der Waals surface area contributed by atoms with Crippen molar-refractivity contribution in [3.63, 3.8) is 0 Å². The van der Waals surface area contributed by atoms with Gasteiger partial charge in [0.15, 0.2) is 5.78 Å². The minimum absolute atomic E-state index is 0.147. The Balaban J connectivity index is 2.02. The second-order valence-corrected chi connectivity index (χ2v) is 7.60. The molecule has 1 aliphatic heterocycles. The van der Waals surface area contributed by atoms with Gasteiger partial charge in [0.25, 0.3) is 0 Å². The number of benzene rings is 1. The molecule has 1 aromatic carbocycles. The average Bonchev–Trinajstić information content (AvgIpc) is 2.34. The number of Topliss-reactive ketones (excluding diaryl/α,β-unsaturated/α-hetero) is 1. The van der Waals surface area contributed by atoms with Gasteiger partial charge in [-0.15, -0.1) is 11.8 Å². The average molecular weight is 352 g/mol. The molecule has 1 aliphatic rings. The standard InChI is InChI=1S/C12H12BrClOS2/c13-9-2-1-8(10(14)6-9)5-11(15)12-7-16-3-4-17-12/h1-2,6,12H,3-5,7H2. The summed E-state index contributed by atoms with van der Waals surface area (Å²) in [5.74, 6) is 3.48. The third kappa shape index (κ3) is 3.91. The van der Waals surface area contributed by atoms with Gasteiger partial charge in [0, 0.05) is 33.2 Å². The zero-order chi connectivity index (χ0) is 12.3. The second-order valence-electron chi connectivity index (χ2n) is 3.81. The summed E-state index contributed by atoms with van der Waals surface area (Å²) in [5, 5.41) is 0.814. The van der Waals surface area contributed by atoms with Crippen LogP contribution in [0.15, 0.2) is 22.7 Å². The minimum atomic E-state index is 0.147. The third-order valence-corrected chi connectivity index (χ3v) is 6.20. The zero-order valence-corrected chi connectivity index (χ0v) is 13.1. The summed E-state index contributed by atoms with van der Waals surface area (Å²) in [4.78, 5) is 12.1. The molecule has 2 rings (SSSR count). The van der Waals surface area contributed by atoms with Crippen molar-refractivity contribution in [1.82, 2.24) is 0 Å². The van der Waals surface area contributed by atoms with Gasteiger partial charge in [-0.3, -0.25) is 4.79 Å². The summed E-state index contributed by atoms with van der Waals surface area (Å²) in [6.07, 6.45) is 0.449. The van der Waals surface area contributed by atoms with Crippen molar-refractivity contribution in [3.8, 4) is 0 Å². The quantitative estimate of drug-likeness (QED) is 0.817. The number of hydrogen-bond donors (Lipinski definition) is 0. The topological polar surface area (TPSA) is 17.1 Å². The molecule has 1 fully saturated rings. The molecule has 1 atom stereocenters. The van der Waals surface area contributed by atoms with Gasteiger partial charge in [-0.25, -0.2) is 0 Å². The highest BCUT2D eigenvalue weighted by Crippen LogP contribution is 2.27. The van der Waals surface area contributed by atoms with E-state index in [0.29, 0.717) is 17.2 Å². The minimum Gasteiger partial charge on any atom is -0.298 e. The summed E-state index contributed by atoms with van der Waals surface area (Å²) in [7, 11) is 0. The van der Waals surface area contributed by atoms with E-state index in [2.05, 4.69) is 15.9 Å². The Morgan fingerprint density at radius 3 is 2.94 bits per heavy atom. The summed E-state index contributed by atoms with van der Waals surface area (Å²) in [6, 6.07) is 5.69. The van der Waals surface area contributed by atoms with E-state index in [-0.39, 0.29) is 5.25 Å². The van der Waals surface area contributed by atoms with Crippen LogP contribution in [0.25, 0.3) is 0 Å². The highest BCUT2D eigenvalue weighted by atomic mass is 79.9. The molecular formula is C12H12BrClOS2. The summed E-state index contributed by atoms with van der Waals surface area (Å²) >= 11 is 13.1. The van der Waals surface area contributed by atoms with Crippen LogP contribution in [0.3, 0.4) is 0 Å². The van der Waals surface area contributed by atoms with Gasteiger partial charge in [-0.05, 0) is 17.7 Å². The lowest BCUT2D eigenvalue weighted by Gasteiger charge is -2.19. The number of halogens is 2. The van der Waals surface area contributed by atoms with Gasteiger partial charge in [0.2, 0.25) is 0 Å². The SMILES string of the molecule is O=C(Cc1ccc(Br)cc1Cl)C1CSCCS1. The van der Waals surface area contributed by atoms with Crippen LogP contribution in [-0.2, 0) is 11.2 Å². The molecule has 0 bridgehead atoms. The lowest BCUT2D eigenvalue weighted by molar-refractivity contribution is -0.117. The molecule has 0 saturated carbocycles. The molecule has 5 heteroatoms. The number of thioether (sulfide) groups is 2. The number of carbonyl (C=O) groups is 1. The number of hydrogen-bond acceptors (Lipinski definition) is 3. The summed E-state index contributed by atoms with van der Waals surface area (Å²) in [5.41, 5.74) is 0.927. The Morgan fingerprint density at radius 2 is 2.29 bits per heavy atom. The van der Waals surface area contributed by atoms with Crippen LogP contribution in [0.5, 0.6) is 0 Å². The van der Waals surface area contributed by atoms with Gasteiger partial charge >= 0.3 is 0 Å². The Morgan fingerprint density at radius 1 is 1.47 bits per heavy atom. The molecule has 1 aromatic rings. The van der Waals surface area contributed by atoms with Crippen molar-refractivity contribution in [2.75, 3.05) is 17.3 Å². The van der Waals surface area contributed by atoms with Crippen LogP contribution in [0.1, 0.15) is 5.56 Å². The molecule has 1 saturated heterocycles. The second kappa shape index (κ2) is 6.50. The molecule has 1 heterocycles. The number of ketones is 1. The Labute approximate surface area is 123 Å². The molecule has 0 radical (unpaired) electrons. The van der Waals surface area contributed by atoms with Crippen LogP contribution in [-0.4, -0.2) is 28.3 Å². The van der Waals surface area contributed by atoms with Crippen molar-refractivity contribution < 1.29 is 4.79 Å². The highest BCUT2D eigenvalue weighted by Gasteiger charge is 2.22. The summed E-state index contributed by atoms with van der Waals surface area (Å²) < 4.78 is 0.946. The van der Waals surface area contributed by atoms with E-state index in [1.54, 1.807) is 11.8 Å². The molecule has 0 N–H and O–H groups in total. The van der Waals surface area contributed by atoms with Crippen molar-refractivity contribution in [2.24, 2.45) is 0 Å². The first-order valence-electron chi connectivity index (χ1n) is 5.33. The highest BCUT2D eigenvalue weighted by molar-refractivity contribution is 9.10. The maximum atomic E-state index is 12.1. The predicted octanol–water partition coefficient (Wildman–Crippen LogP) is 4.06. The molecule has 0 amide bonds. The van der Waals surface area contributed by atoms with E-state index in [1.807, 2.05) is 30.0 Å². The fourth-order valence-electron chi connectivity index (χ4n) is 1.64. The van der Waals surface area contributed by atoms with Gasteiger partial charge in [0.1, 0.15) is 0 Å². The maximum Gasteiger partial charge on any atom is 0.151 e. The number of carbonyl (C=O) groups excluding carboxylic acids is 1. The van der Waals surface area contributed by atoms with E-state index in [1.165, 1.54) is 0 Å². The molecule has 92 valence electrons. The molecule has 0 spiro atoms. The zero-order valence-electron chi connectivity index (χ0n) is 9.12. The molecular weight excluding hydrogens is 340 g/mol. The van der Waals surface area contributed by atoms with E-state index in [9.17, 15) is 4.79 Å². The molecule has 0 aliphatic carbocycles. The first-order valence-corrected chi connectivity index (χ1v) is 8.70. The Kier molecular flexibility index (Phi) is 5.27. The van der Waals surface area contributed by atoms with Crippen molar-refractivity contribution in [3.05, 3.63) is 33.3 Å². The molecule has 1 unspecified atom stereocenters. The Bertz CT molecular complexity index is 419. The van der Waals surface area contributed by atoms with Gasteiger partial charge in [0.05, 0.1) is 5.25 Å². The molecule has 0 aromatic heterocycles. The molecule has 1 nitrogen and oxygen atoms in total. The molecule has 17 heavy (non-hydrogen) atoms. The van der Waals surface area contributed by atoms with Crippen LogP contribution < -0.4 is 0 Å². The fraction of sp³-hybridized carbons (Fsp3) is 0.417. The number of rotatable bonds is 3. The normalized spacial score (nSPS) is 20.2. The van der Waals surface area contributed by atoms with Crippen LogP contribution in [0.2, 0.25) is 5.02 Å². The first-order chi connectivity index (χ1) is 8.16. The van der Waals surface area contributed by atoms with Gasteiger partial charge in [-0.1, -0.05) is 33.6 Å². The summed E-state index contributed by atoms with van der Waals surface area (Å²) in [6.45, 7) is 0. The van der Waals surface area contributed by atoms with Crippen LogP contribution in [0, 0.1) is 0 Å². The maximum absolute atomic E-state index is 12.1. The van der Waals surface area contributed by atoms with Gasteiger partial charge in [-0.2, -0.15) is 11.8 Å². The van der Waals surface area contributed by atoms with Crippen LogP contribution in [0.4, 0.5) is 0 Å². The van der Waals surface area contributed by atoms with Crippen molar-refractivity contribution in [2.45, 2.75) is 11.7 Å².